The zero-order valence-corrected chi connectivity index (χ0v) is 11.3. The molecule has 2 aliphatic rings. The number of nitrogens with zero attached hydrogens (tertiary/aromatic N) is 4. The fourth-order valence-corrected chi connectivity index (χ4v) is 3.01. The molecule has 1 saturated carbocycles. The summed E-state index contributed by atoms with van der Waals surface area (Å²) in [4.78, 5) is 4.96. The number of rotatable bonds is 3. The molecule has 1 N–H and O–H groups in total. The maximum atomic E-state index is 9.50. The highest BCUT2D eigenvalue weighted by atomic mass is 16.3. The largest absolute Gasteiger partial charge is 0.391 e. The summed E-state index contributed by atoms with van der Waals surface area (Å²) in [7, 11) is 1.97. The predicted molar refractivity (Wildman–Crippen MR) is 70.7 cm³/mol. The Morgan fingerprint density at radius 3 is 2.44 bits per heavy atom. The Bertz CT molecular complexity index is 430. The molecule has 0 radical (unpaired) electrons. The van der Waals surface area contributed by atoms with Crippen LogP contribution in [-0.4, -0.2) is 52.0 Å². The Morgan fingerprint density at radius 2 is 1.89 bits per heavy atom. The molecule has 0 amide bonds. The fraction of sp³-hybridized carbons (Fsp3) is 0.769. The number of aliphatic hydroxyl groups excluding tert-OH is 1. The number of piperazine rings is 1. The Morgan fingerprint density at radius 1 is 1.22 bits per heavy atom. The SMILES string of the molecule is Cc1nn(C)c(N2CCN(C3CC3)CC2)c1CO. The van der Waals surface area contributed by atoms with Crippen LogP contribution in [0.2, 0.25) is 0 Å². The second-order valence-corrected chi connectivity index (χ2v) is 5.42. The normalized spacial score (nSPS) is 21.6. The number of aliphatic hydroxyl groups is 1. The second kappa shape index (κ2) is 4.55. The van der Waals surface area contributed by atoms with Gasteiger partial charge in [0.2, 0.25) is 0 Å². The fourth-order valence-electron chi connectivity index (χ4n) is 3.01. The van der Waals surface area contributed by atoms with E-state index in [2.05, 4.69) is 14.9 Å². The van der Waals surface area contributed by atoms with Crippen LogP contribution in [0.3, 0.4) is 0 Å². The van der Waals surface area contributed by atoms with E-state index in [9.17, 15) is 5.11 Å². The van der Waals surface area contributed by atoms with Crippen LogP contribution < -0.4 is 4.90 Å². The second-order valence-electron chi connectivity index (χ2n) is 5.42. The van der Waals surface area contributed by atoms with Crippen LogP contribution in [0.15, 0.2) is 0 Å². The van der Waals surface area contributed by atoms with Crippen LogP contribution >= 0.6 is 0 Å². The van der Waals surface area contributed by atoms with Crippen molar-refractivity contribution in [2.24, 2.45) is 7.05 Å². The standard InChI is InChI=1S/C13H22N4O/c1-10-12(9-18)13(15(2)14-10)17-7-5-16(6-8-17)11-3-4-11/h11,18H,3-9H2,1-2H3. The molecular weight excluding hydrogens is 228 g/mol. The summed E-state index contributed by atoms with van der Waals surface area (Å²) in [5.41, 5.74) is 1.93. The molecule has 0 atom stereocenters. The number of hydrogen-bond acceptors (Lipinski definition) is 4. The van der Waals surface area contributed by atoms with Gasteiger partial charge in [-0.2, -0.15) is 5.10 Å². The Hall–Kier alpha value is -1.07. The number of aryl methyl sites for hydroxylation is 2. The van der Waals surface area contributed by atoms with Crippen LogP contribution in [0.25, 0.3) is 0 Å². The minimum Gasteiger partial charge on any atom is -0.391 e. The van der Waals surface area contributed by atoms with Crippen molar-refractivity contribution in [2.75, 3.05) is 31.1 Å². The molecule has 2 heterocycles. The molecule has 0 unspecified atom stereocenters. The third-order valence-electron chi connectivity index (χ3n) is 4.15. The first-order valence-electron chi connectivity index (χ1n) is 6.83. The third kappa shape index (κ3) is 2.01. The zero-order valence-electron chi connectivity index (χ0n) is 11.3. The van der Waals surface area contributed by atoms with Crippen molar-refractivity contribution >= 4 is 5.82 Å². The summed E-state index contributed by atoms with van der Waals surface area (Å²) in [6, 6.07) is 0.859. The highest BCUT2D eigenvalue weighted by Crippen LogP contribution is 2.29. The summed E-state index contributed by atoms with van der Waals surface area (Å²) in [6.07, 6.45) is 2.76. The summed E-state index contributed by atoms with van der Waals surface area (Å²) in [5.74, 6) is 1.10. The predicted octanol–water partition coefficient (Wildman–Crippen LogP) is 0.505. The van der Waals surface area contributed by atoms with Gasteiger partial charge in [0.1, 0.15) is 5.82 Å². The molecular formula is C13H22N4O. The average molecular weight is 250 g/mol. The van der Waals surface area contributed by atoms with Gasteiger partial charge in [0.15, 0.2) is 0 Å². The summed E-state index contributed by atoms with van der Waals surface area (Å²) >= 11 is 0. The van der Waals surface area contributed by atoms with E-state index in [1.165, 1.54) is 12.8 Å². The van der Waals surface area contributed by atoms with Gasteiger partial charge in [-0.05, 0) is 19.8 Å². The number of aromatic nitrogens is 2. The van der Waals surface area contributed by atoms with Gasteiger partial charge in [-0.15, -0.1) is 0 Å². The van der Waals surface area contributed by atoms with E-state index in [0.717, 1.165) is 49.3 Å². The van der Waals surface area contributed by atoms with E-state index in [1.807, 2.05) is 18.7 Å². The van der Waals surface area contributed by atoms with Crippen LogP contribution in [0.4, 0.5) is 5.82 Å². The lowest BCUT2D eigenvalue weighted by molar-refractivity contribution is 0.245. The van der Waals surface area contributed by atoms with Gasteiger partial charge in [-0.3, -0.25) is 9.58 Å². The lowest BCUT2D eigenvalue weighted by Crippen LogP contribution is -2.48. The van der Waals surface area contributed by atoms with Crippen LogP contribution in [0.1, 0.15) is 24.1 Å². The van der Waals surface area contributed by atoms with E-state index in [1.54, 1.807) is 0 Å². The quantitative estimate of drug-likeness (QED) is 0.849. The molecule has 0 aromatic carbocycles. The smallest absolute Gasteiger partial charge is 0.132 e. The lowest BCUT2D eigenvalue weighted by Gasteiger charge is -2.36. The van der Waals surface area contributed by atoms with E-state index in [0.29, 0.717) is 0 Å². The van der Waals surface area contributed by atoms with Crippen LogP contribution in [-0.2, 0) is 13.7 Å². The molecule has 5 nitrogen and oxygen atoms in total. The Balaban J connectivity index is 1.75. The molecule has 1 aromatic rings. The van der Waals surface area contributed by atoms with Crippen LogP contribution in [0, 0.1) is 6.92 Å². The van der Waals surface area contributed by atoms with Gasteiger partial charge < -0.3 is 10.0 Å². The molecule has 3 rings (SSSR count). The summed E-state index contributed by atoms with van der Waals surface area (Å²) in [6.45, 7) is 6.41. The first-order chi connectivity index (χ1) is 8.70. The maximum Gasteiger partial charge on any atom is 0.132 e. The Labute approximate surface area is 108 Å². The summed E-state index contributed by atoms with van der Waals surface area (Å²) < 4.78 is 1.91. The zero-order chi connectivity index (χ0) is 12.7. The number of anilines is 1. The number of hydrogen-bond donors (Lipinski definition) is 1. The minimum absolute atomic E-state index is 0.0812. The van der Waals surface area contributed by atoms with Crippen LogP contribution in [0.5, 0.6) is 0 Å². The first-order valence-corrected chi connectivity index (χ1v) is 6.83. The molecule has 100 valence electrons. The van der Waals surface area contributed by atoms with Gasteiger partial charge in [0, 0.05) is 44.8 Å². The molecule has 1 aliphatic carbocycles. The third-order valence-corrected chi connectivity index (χ3v) is 4.15. The Kier molecular flexibility index (Phi) is 3.03. The van der Waals surface area contributed by atoms with E-state index >= 15 is 0 Å². The van der Waals surface area contributed by atoms with E-state index < -0.39 is 0 Å². The molecule has 18 heavy (non-hydrogen) atoms. The van der Waals surface area contributed by atoms with Gasteiger partial charge in [0.25, 0.3) is 0 Å². The molecule has 0 bridgehead atoms. The highest BCUT2D eigenvalue weighted by Gasteiger charge is 2.32. The molecule has 0 spiro atoms. The lowest BCUT2D eigenvalue weighted by atomic mass is 10.2. The van der Waals surface area contributed by atoms with E-state index in [-0.39, 0.29) is 6.61 Å². The van der Waals surface area contributed by atoms with Gasteiger partial charge in [-0.25, -0.2) is 0 Å². The van der Waals surface area contributed by atoms with Gasteiger partial charge in [-0.1, -0.05) is 0 Å². The molecule has 1 saturated heterocycles. The van der Waals surface area contributed by atoms with Crippen molar-refractivity contribution in [3.05, 3.63) is 11.3 Å². The van der Waals surface area contributed by atoms with Crippen molar-refractivity contribution in [3.63, 3.8) is 0 Å². The average Bonchev–Trinajstić information content (AvgIpc) is 3.16. The molecule has 2 fully saturated rings. The molecule has 1 aliphatic heterocycles. The topological polar surface area (TPSA) is 44.5 Å². The van der Waals surface area contributed by atoms with E-state index in [4.69, 9.17) is 0 Å². The van der Waals surface area contributed by atoms with Crippen molar-refractivity contribution in [1.82, 2.24) is 14.7 Å². The minimum atomic E-state index is 0.0812. The summed E-state index contributed by atoms with van der Waals surface area (Å²) in [5, 5.41) is 13.9. The van der Waals surface area contributed by atoms with Gasteiger partial charge in [0.05, 0.1) is 12.3 Å². The van der Waals surface area contributed by atoms with Crippen molar-refractivity contribution in [3.8, 4) is 0 Å². The molecule has 1 aromatic heterocycles. The maximum absolute atomic E-state index is 9.50. The first kappa shape index (κ1) is 12.0. The molecule has 5 heteroatoms. The monoisotopic (exact) mass is 250 g/mol. The van der Waals surface area contributed by atoms with Crippen molar-refractivity contribution in [2.45, 2.75) is 32.4 Å². The van der Waals surface area contributed by atoms with Gasteiger partial charge >= 0.3 is 0 Å². The highest BCUT2D eigenvalue weighted by molar-refractivity contribution is 5.50. The van der Waals surface area contributed by atoms with Crippen molar-refractivity contribution < 1.29 is 5.11 Å². The van der Waals surface area contributed by atoms with Crippen molar-refractivity contribution in [1.29, 1.82) is 0 Å².